The lowest BCUT2D eigenvalue weighted by Crippen LogP contribution is -2.24. The summed E-state index contributed by atoms with van der Waals surface area (Å²) >= 11 is 0. The number of aromatic nitrogens is 2. The molecule has 0 aliphatic carbocycles. The maximum absolute atomic E-state index is 11.8. The molecule has 1 aromatic carbocycles. The number of nitrogens with one attached hydrogen (secondary N) is 2. The quantitative estimate of drug-likeness (QED) is 0.818. The van der Waals surface area contributed by atoms with E-state index in [0.29, 0.717) is 24.5 Å². The highest BCUT2D eigenvalue weighted by Crippen LogP contribution is 2.31. The number of fused-ring (bicyclic) bond motifs is 1. The van der Waals surface area contributed by atoms with Gasteiger partial charge in [0.05, 0.1) is 17.8 Å². The van der Waals surface area contributed by atoms with E-state index < -0.39 is 0 Å². The first-order valence-electron chi connectivity index (χ1n) is 6.24. The molecule has 0 spiro atoms. The van der Waals surface area contributed by atoms with Gasteiger partial charge in [-0.15, -0.1) is 0 Å². The number of amides is 1. The summed E-state index contributed by atoms with van der Waals surface area (Å²) in [5.74, 6) is 0.548. The number of carbonyl (C=O) groups excluding carboxylic acids is 1. The highest BCUT2D eigenvalue weighted by molar-refractivity contribution is 5.98. The second-order valence-electron chi connectivity index (χ2n) is 4.62. The monoisotopic (exact) mass is 257 g/mol. The fourth-order valence-electron chi connectivity index (χ4n) is 2.38. The van der Waals surface area contributed by atoms with Gasteiger partial charge in [-0.3, -0.25) is 9.89 Å². The summed E-state index contributed by atoms with van der Waals surface area (Å²) in [4.78, 5) is 11.8. The molecular formula is C14H15N3O2. The minimum atomic E-state index is -0.0836. The van der Waals surface area contributed by atoms with Crippen LogP contribution >= 0.6 is 0 Å². The third kappa shape index (κ3) is 1.97. The zero-order chi connectivity index (χ0) is 13.4. The Morgan fingerprint density at radius 2 is 2.16 bits per heavy atom. The summed E-state index contributed by atoms with van der Waals surface area (Å²) in [7, 11) is 0. The molecule has 1 amide bonds. The molecule has 19 heavy (non-hydrogen) atoms. The van der Waals surface area contributed by atoms with Crippen molar-refractivity contribution >= 4 is 5.91 Å². The van der Waals surface area contributed by atoms with E-state index in [2.05, 4.69) is 15.5 Å². The third-order valence-electron chi connectivity index (χ3n) is 3.29. The molecule has 1 aliphatic heterocycles. The Morgan fingerprint density at radius 1 is 1.32 bits per heavy atom. The van der Waals surface area contributed by atoms with Crippen LogP contribution in [0.25, 0.3) is 11.1 Å². The van der Waals surface area contributed by atoms with Gasteiger partial charge in [-0.25, -0.2) is 0 Å². The molecule has 0 fully saturated rings. The molecule has 1 aliphatic rings. The van der Waals surface area contributed by atoms with Crippen LogP contribution in [0.3, 0.4) is 0 Å². The molecule has 0 radical (unpaired) electrons. The molecule has 0 saturated carbocycles. The number of H-pyrrole nitrogens is 1. The SMILES string of the molecule is Cc1n[nH]c(C)c1-c1ccc2c(c1)OCCNC2=O. The Labute approximate surface area is 111 Å². The summed E-state index contributed by atoms with van der Waals surface area (Å²) < 4.78 is 5.62. The lowest BCUT2D eigenvalue weighted by atomic mass is 10.0. The lowest BCUT2D eigenvalue weighted by Gasteiger charge is -2.08. The van der Waals surface area contributed by atoms with E-state index in [9.17, 15) is 4.79 Å². The smallest absolute Gasteiger partial charge is 0.255 e. The highest BCUT2D eigenvalue weighted by Gasteiger charge is 2.18. The van der Waals surface area contributed by atoms with Crippen molar-refractivity contribution in [3.63, 3.8) is 0 Å². The topological polar surface area (TPSA) is 67.0 Å². The fraction of sp³-hybridized carbons (Fsp3) is 0.286. The molecular weight excluding hydrogens is 242 g/mol. The van der Waals surface area contributed by atoms with Gasteiger partial charge >= 0.3 is 0 Å². The summed E-state index contributed by atoms with van der Waals surface area (Å²) in [6.45, 7) is 4.96. The molecule has 5 nitrogen and oxygen atoms in total. The second kappa shape index (κ2) is 4.42. The van der Waals surface area contributed by atoms with E-state index in [0.717, 1.165) is 22.5 Å². The maximum atomic E-state index is 11.8. The number of ether oxygens (including phenoxy) is 1. The molecule has 3 rings (SSSR count). The summed E-state index contributed by atoms with van der Waals surface area (Å²) in [6.07, 6.45) is 0. The van der Waals surface area contributed by atoms with Crippen molar-refractivity contribution in [1.29, 1.82) is 0 Å². The Kier molecular flexibility index (Phi) is 2.74. The number of benzene rings is 1. The van der Waals surface area contributed by atoms with Gasteiger partial charge in [0.1, 0.15) is 12.4 Å². The normalized spacial score (nSPS) is 14.3. The fourth-order valence-corrected chi connectivity index (χ4v) is 2.38. The minimum absolute atomic E-state index is 0.0836. The number of aryl methyl sites for hydroxylation is 2. The van der Waals surface area contributed by atoms with Gasteiger partial charge in [-0.2, -0.15) is 5.10 Å². The molecule has 2 aromatic rings. The molecule has 2 heterocycles. The van der Waals surface area contributed by atoms with E-state index in [1.807, 2.05) is 26.0 Å². The molecule has 98 valence electrons. The summed E-state index contributed by atoms with van der Waals surface area (Å²) in [6, 6.07) is 5.64. The molecule has 5 heteroatoms. The van der Waals surface area contributed by atoms with Crippen molar-refractivity contribution in [2.45, 2.75) is 13.8 Å². The molecule has 0 bridgehead atoms. The zero-order valence-electron chi connectivity index (χ0n) is 10.9. The number of hydrogen-bond donors (Lipinski definition) is 2. The Balaban J connectivity index is 2.11. The van der Waals surface area contributed by atoms with Crippen LogP contribution < -0.4 is 10.1 Å². The number of carbonyl (C=O) groups is 1. The zero-order valence-corrected chi connectivity index (χ0v) is 10.9. The second-order valence-corrected chi connectivity index (χ2v) is 4.62. The largest absolute Gasteiger partial charge is 0.491 e. The van der Waals surface area contributed by atoms with Gasteiger partial charge in [-0.1, -0.05) is 6.07 Å². The van der Waals surface area contributed by atoms with Crippen LogP contribution in [0.4, 0.5) is 0 Å². The first kappa shape index (κ1) is 11.8. The number of rotatable bonds is 1. The first-order chi connectivity index (χ1) is 9.16. The van der Waals surface area contributed by atoms with E-state index >= 15 is 0 Å². The maximum Gasteiger partial charge on any atom is 0.255 e. The van der Waals surface area contributed by atoms with Crippen molar-refractivity contribution in [2.24, 2.45) is 0 Å². The van der Waals surface area contributed by atoms with Gasteiger partial charge in [0, 0.05) is 11.3 Å². The van der Waals surface area contributed by atoms with Crippen molar-refractivity contribution < 1.29 is 9.53 Å². The van der Waals surface area contributed by atoms with Crippen molar-refractivity contribution in [1.82, 2.24) is 15.5 Å². The van der Waals surface area contributed by atoms with Crippen molar-refractivity contribution in [3.8, 4) is 16.9 Å². The van der Waals surface area contributed by atoms with Crippen molar-refractivity contribution in [3.05, 3.63) is 35.2 Å². The third-order valence-corrected chi connectivity index (χ3v) is 3.29. The lowest BCUT2D eigenvalue weighted by molar-refractivity contribution is 0.0957. The average molecular weight is 257 g/mol. The van der Waals surface area contributed by atoms with Crippen LogP contribution in [0.1, 0.15) is 21.7 Å². The van der Waals surface area contributed by atoms with Crippen LogP contribution in [0, 0.1) is 13.8 Å². The molecule has 0 atom stereocenters. The predicted molar refractivity (Wildman–Crippen MR) is 71.3 cm³/mol. The predicted octanol–water partition coefficient (Wildman–Crippen LogP) is 1.82. The van der Waals surface area contributed by atoms with E-state index in [-0.39, 0.29) is 5.91 Å². The summed E-state index contributed by atoms with van der Waals surface area (Å²) in [5, 5.41) is 9.95. The first-order valence-corrected chi connectivity index (χ1v) is 6.24. The van der Waals surface area contributed by atoms with E-state index in [1.54, 1.807) is 6.07 Å². The minimum Gasteiger partial charge on any atom is -0.491 e. The van der Waals surface area contributed by atoms with Gasteiger partial charge in [0.15, 0.2) is 0 Å². The summed E-state index contributed by atoms with van der Waals surface area (Å²) in [5.41, 5.74) is 4.61. The van der Waals surface area contributed by atoms with Gasteiger partial charge in [0.25, 0.3) is 5.91 Å². The van der Waals surface area contributed by atoms with E-state index in [4.69, 9.17) is 4.74 Å². The van der Waals surface area contributed by atoms with Crippen LogP contribution in [0.15, 0.2) is 18.2 Å². The van der Waals surface area contributed by atoms with Crippen molar-refractivity contribution in [2.75, 3.05) is 13.2 Å². The van der Waals surface area contributed by atoms with Gasteiger partial charge in [0.2, 0.25) is 0 Å². The van der Waals surface area contributed by atoms with Crippen LogP contribution in [-0.2, 0) is 0 Å². The number of hydrogen-bond acceptors (Lipinski definition) is 3. The Hall–Kier alpha value is -2.30. The molecule has 2 N–H and O–H groups in total. The molecule has 0 unspecified atom stereocenters. The van der Waals surface area contributed by atoms with Crippen LogP contribution in [-0.4, -0.2) is 29.3 Å². The van der Waals surface area contributed by atoms with Gasteiger partial charge in [-0.05, 0) is 31.5 Å². The Morgan fingerprint density at radius 3 is 2.89 bits per heavy atom. The van der Waals surface area contributed by atoms with Crippen LogP contribution in [0.5, 0.6) is 5.75 Å². The average Bonchev–Trinajstić information content (AvgIpc) is 2.62. The molecule has 1 aromatic heterocycles. The van der Waals surface area contributed by atoms with E-state index in [1.165, 1.54) is 0 Å². The highest BCUT2D eigenvalue weighted by atomic mass is 16.5. The molecule has 0 saturated heterocycles. The number of aromatic amines is 1. The van der Waals surface area contributed by atoms with Crippen LogP contribution in [0.2, 0.25) is 0 Å². The Bertz CT molecular complexity index is 627. The standard InChI is InChI=1S/C14H15N3O2/c1-8-13(9(2)17-16-8)10-3-4-11-12(7-10)19-6-5-15-14(11)18/h3-4,7H,5-6H2,1-2H3,(H,15,18)(H,16,17). The van der Waals surface area contributed by atoms with Gasteiger partial charge < -0.3 is 10.1 Å². The number of nitrogens with zero attached hydrogens (tertiary/aromatic N) is 1.